The fourth-order valence-electron chi connectivity index (χ4n) is 1.67. The standard InChI is InChI=1S/C14H22N2O2.ClH/c1-2-12(17)8-9-16-14(18)10-13(15)11-6-4-3-5-7-11;/h3-7,12-13,17H,2,8-10,15H2,1H3,(H,16,18);1H. The predicted molar refractivity (Wildman–Crippen MR) is 79.2 cm³/mol. The number of rotatable bonds is 7. The monoisotopic (exact) mass is 286 g/mol. The van der Waals surface area contributed by atoms with Crippen molar-refractivity contribution in [1.82, 2.24) is 5.32 Å². The summed E-state index contributed by atoms with van der Waals surface area (Å²) in [5, 5.41) is 12.1. The first-order chi connectivity index (χ1) is 8.63. The zero-order valence-corrected chi connectivity index (χ0v) is 12.0. The minimum Gasteiger partial charge on any atom is -0.393 e. The molecule has 0 saturated heterocycles. The van der Waals surface area contributed by atoms with Crippen molar-refractivity contribution in [3.8, 4) is 0 Å². The summed E-state index contributed by atoms with van der Waals surface area (Å²) in [6.07, 6.45) is 1.22. The second-order valence-corrected chi connectivity index (χ2v) is 4.42. The fourth-order valence-corrected chi connectivity index (χ4v) is 1.67. The van der Waals surface area contributed by atoms with E-state index in [1.807, 2.05) is 37.3 Å². The summed E-state index contributed by atoms with van der Waals surface area (Å²) in [6, 6.07) is 9.29. The highest BCUT2D eigenvalue weighted by molar-refractivity contribution is 5.85. The average Bonchev–Trinajstić information content (AvgIpc) is 2.39. The molecule has 4 N–H and O–H groups in total. The van der Waals surface area contributed by atoms with Crippen molar-refractivity contribution in [3.05, 3.63) is 35.9 Å². The SMILES string of the molecule is CCC(O)CCNC(=O)CC(N)c1ccccc1.Cl. The lowest BCUT2D eigenvalue weighted by Crippen LogP contribution is -2.29. The third kappa shape index (κ3) is 7.15. The molecule has 1 aromatic carbocycles. The number of aliphatic hydroxyl groups is 1. The number of hydrogen-bond donors (Lipinski definition) is 3. The smallest absolute Gasteiger partial charge is 0.221 e. The largest absolute Gasteiger partial charge is 0.393 e. The van der Waals surface area contributed by atoms with E-state index < -0.39 is 0 Å². The molecule has 2 atom stereocenters. The quantitative estimate of drug-likeness (QED) is 0.715. The Labute approximate surface area is 120 Å². The Morgan fingerprint density at radius 1 is 1.37 bits per heavy atom. The third-order valence-electron chi connectivity index (χ3n) is 2.90. The number of nitrogens with one attached hydrogen (secondary N) is 1. The predicted octanol–water partition coefficient (Wildman–Crippen LogP) is 1.78. The number of halogens is 1. The molecule has 0 aromatic heterocycles. The molecule has 5 heteroatoms. The topological polar surface area (TPSA) is 75.3 Å². The van der Waals surface area contributed by atoms with E-state index in [1.54, 1.807) is 0 Å². The lowest BCUT2D eigenvalue weighted by Gasteiger charge is -2.13. The Bertz CT molecular complexity index is 360. The minimum absolute atomic E-state index is 0. The average molecular weight is 287 g/mol. The van der Waals surface area contributed by atoms with E-state index in [1.165, 1.54) is 0 Å². The molecule has 0 aliphatic rings. The molecule has 108 valence electrons. The number of amides is 1. The molecule has 1 amide bonds. The van der Waals surface area contributed by atoms with Crippen LogP contribution in [0.2, 0.25) is 0 Å². The highest BCUT2D eigenvalue weighted by Gasteiger charge is 2.11. The third-order valence-corrected chi connectivity index (χ3v) is 2.90. The maximum atomic E-state index is 11.6. The van der Waals surface area contributed by atoms with Crippen molar-refractivity contribution in [2.75, 3.05) is 6.54 Å². The summed E-state index contributed by atoms with van der Waals surface area (Å²) < 4.78 is 0. The number of carbonyl (C=O) groups excluding carboxylic acids is 1. The van der Waals surface area contributed by atoms with Crippen LogP contribution in [0.3, 0.4) is 0 Å². The molecule has 0 radical (unpaired) electrons. The van der Waals surface area contributed by atoms with Crippen molar-refractivity contribution in [1.29, 1.82) is 0 Å². The Morgan fingerprint density at radius 3 is 2.58 bits per heavy atom. The highest BCUT2D eigenvalue weighted by atomic mass is 35.5. The first-order valence-electron chi connectivity index (χ1n) is 6.38. The number of nitrogens with two attached hydrogens (primary N) is 1. The first-order valence-corrected chi connectivity index (χ1v) is 6.38. The maximum absolute atomic E-state index is 11.6. The van der Waals surface area contributed by atoms with Crippen LogP contribution in [-0.4, -0.2) is 23.7 Å². The van der Waals surface area contributed by atoms with E-state index in [0.29, 0.717) is 19.4 Å². The summed E-state index contributed by atoms with van der Waals surface area (Å²) in [5.74, 6) is -0.0744. The van der Waals surface area contributed by atoms with Gasteiger partial charge in [-0.25, -0.2) is 0 Å². The second-order valence-electron chi connectivity index (χ2n) is 4.42. The molecule has 0 spiro atoms. The van der Waals surface area contributed by atoms with Gasteiger partial charge in [0.15, 0.2) is 0 Å². The zero-order chi connectivity index (χ0) is 13.4. The van der Waals surface area contributed by atoms with Gasteiger partial charge in [0.25, 0.3) is 0 Å². The van der Waals surface area contributed by atoms with Gasteiger partial charge >= 0.3 is 0 Å². The van der Waals surface area contributed by atoms with Gasteiger partial charge in [0.1, 0.15) is 0 Å². The van der Waals surface area contributed by atoms with E-state index in [2.05, 4.69) is 5.32 Å². The number of hydrogen-bond acceptors (Lipinski definition) is 3. The van der Waals surface area contributed by atoms with E-state index in [-0.39, 0.29) is 36.9 Å². The van der Waals surface area contributed by atoms with Crippen molar-refractivity contribution < 1.29 is 9.90 Å². The number of aliphatic hydroxyl groups excluding tert-OH is 1. The second kappa shape index (κ2) is 9.78. The Morgan fingerprint density at radius 2 is 2.00 bits per heavy atom. The molecule has 0 bridgehead atoms. The van der Waals surface area contributed by atoms with Crippen molar-refractivity contribution in [2.45, 2.75) is 38.3 Å². The molecule has 4 nitrogen and oxygen atoms in total. The minimum atomic E-state index is -0.340. The van der Waals surface area contributed by atoms with Gasteiger partial charge in [-0.05, 0) is 18.4 Å². The van der Waals surface area contributed by atoms with Crippen LogP contribution in [0.4, 0.5) is 0 Å². The maximum Gasteiger partial charge on any atom is 0.221 e. The molecule has 1 aromatic rings. The summed E-state index contributed by atoms with van der Waals surface area (Å²) in [7, 11) is 0. The van der Waals surface area contributed by atoms with Crippen LogP contribution in [0.15, 0.2) is 30.3 Å². The van der Waals surface area contributed by atoms with Gasteiger partial charge in [0.05, 0.1) is 6.10 Å². The van der Waals surface area contributed by atoms with Gasteiger partial charge in [-0.15, -0.1) is 12.4 Å². The summed E-state index contributed by atoms with van der Waals surface area (Å²) in [5.41, 5.74) is 6.90. The molecule has 0 aliphatic carbocycles. The lowest BCUT2D eigenvalue weighted by atomic mass is 10.0. The van der Waals surface area contributed by atoms with Crippen LogP contribution in [0, 0.1) is 0 Å². The lowest BCUT2D eigenvalue weighted by molar-refractivity contribution is -0.121. The molecule has 0 heterocycles. The summed E-state index contributed by atoms with van der Waals surface area (Å²) >= 11 is 0. The highest BCUT2D eigenvalue weighted by Crippen LogP contribution is 2.12. The Kier molecular flexibility index (Phi) is 9.21. The van der Waals surface area contributed by atoms with Crippen LogP contribution >= 0.6 is 12.4 Å². The molecule has 1 rings (SSSR count). The molecule has 0 saturated carbocycles. The molecule has 19 heavy (non-hydrogen) atoms. The first kappa shape index (κ1) is 17.9. The van der Waals surface area contributed by atoms with E-state index in [0.717, 1.165) is 5.56 Å². The van der Waals surface area contributed by atoms with E-state index in [4.69, 9.17) is 5.73 Å². The van der Waals surface area contributed by atoms with Gasteiger partial charge in [-0.2, -0.15) is 0 Å². The van der Waals surface area contributed by atoms with Crippen molar-refractivity contribution in [3.63, 3.8) is 0 Å². The van der Waals surface area contributed by atoms with Crippen LogP contribution in [0.5, 0.6) is 0 Å². The zero-order valence-electron chi connectivity index (χ0n) is 11.2. The van der Waals surface area contributed by atoms with Gasteiger partial charge < -0.3 is 16.2 Å². The molecular formula is C14H23ClN2O2. The van der Waals surface area contributed by atoms with Gasteiger partial charge in [0.2, 0.25) is 5.91 Å². The van der Waals surface area contributed by atoms with Crippen molar-refractivity contribution >= 4 is 18.3 Å². The van der Waals surface area contributed by atoms with Crippen LogP contribution in [0.25, 0.3) is 0 Å². The number of carbonyl (C=O) groups is 1. The molecular weight excluding hydrogens is 264 g/mol. The Hall–Kier alpha value is -1.10. The van der Waals surface area contributed by atoms with Crippen LogP contribution in [-0.2, 0) is 4.79 Å². The molecule has 2 unspecified atom stereocenters. The van der Waals surface area contributed by atoms with Gasteiger partial charge in [-0.3, -0.25) is 4.79 Å². The van der Waals surface area contributed by atoms with Crippen LogP contribution < -0.4 is 11.1 Å². The van der Waals surface area contributed by atoms with Gasteiger partial charge in [0, 0.05) is 19.0 Å². The molecule has 0 aliphatic heterocycles. The summed E-state index contributed by atoms with van der Waals surface area (Å²) in [4.78, 5) is 11.6. The summed E-state index contributed by atoms with van der Waals surface area (Å²) in [6.45, 7) is 2.41. The van der Waals surface area contributed by atoms with E-state index >= 15 is 0 Å². The van der Waals surface area contributed by atoms with E-state index in [9.17, 15) is 9.90 Å². The number of benzene rings is 1. The van der Waals surface area contributed by atoms with Crippen molar-refractivity contribution in [2.24, 2.45) is 5.73 Å². The fraction of sp³-hybridized carbons (Fsp3) is 0.500. The van der Waals surface area contributed by atoms with Crippen LogP contribution in [0.1, 0.15) is 37.8 Å². The van der Waals surface area contributed by atoms with Gasteiger partial charge in [-0.1, -0.05) is 37.3 Å². The molecule has 0 fully saturated rings. The Balaban J connectivity index is 0.00000324. The normalized spacial score (nSPS) is 13.2.